The van der Waals surface area contributed by atoms with Crippen LogP contribution >= 0.6 is 0 Å². The maximum Gasteiger partial charge on any atom is 0.254 e. The highest BCUT2D eigenvalue weighted by Crippen LogP contribution is 2.18. The molecule has 0 saturated carbocycles. The van der Waals surface area contributed by atoms with Crippen LogP contribution in [0.5, 0.6) is 0 Å². The molecule has 7 heteroatoms. The SMILES string of the molecule is O=C(c1ccc(-n2cnnc2)cc1)N(Cc1ccccn1)CC1CCCO1. The fourth-order valence-corrected chi connectivity index (χ4v) is 3.23. The van der Waals surface area contributed by atoms with E-state index in [0.717, 1.165) is 30.8 Å². The van der Waals surface area contributed by atoms with E-state index in [1.54, 1.807) is 23.4 Å². The zero-order valence-corrected chi connectivity index (χ0v) is 14.9. The van der Waals surface area contributed by atoms with Crippen LogP contribution in [0.4, 0.5) is 0 Å². The van der Waals surface area contributed by atoms with E-state index in [2.05, 4.69) is 15.2 Å². The predicted molar refractivity (Wildman–Crippen MR) is 99.3 cm³/mol. The molecular weight excluding hydrogens is 342 g/mol. The van der Waals surface area contributed by atoms with Gasteiger partial charge in [0.1, 0.15) is 12.7 Å². The summed E-state index contributed by atoms with van der Waals surface area (Å²) in [7, 11) is 0. The van der Waals surface area contributed by atoms with Crippen LogP contribution in [-0.2, 0) is 11.3 Å². The second-order valence-electron chi connectivity index (χ2n) is 6.56. The molecule has 1 aliphatic heterocycles. The lowest BCUT2D eigenvalue weighted by molar-refractivity contribution is 0.0504. The number of aromatic nitrogens is 4. The normalized spacial score (nSPS) is 16.4. The average Bonchev–Trinajstić information content (AvgIpc) is 3.42. The number of hydrogen-bond donors (Lipinski definition) is 0. The second kappa shape index (κ2) is 8.09. The van der Waals surface area contributed by atoms with Crippen molar-refractivity contribution in [1.82, 2.24) is 24.6 Å². The van der Waals surface area contributed by atoms with Crippen molar-refractivity contribution in [2.45, 2.75) is 25.5 Å². The van der Waals surface area contributed by atoms with Crippen LogP contribution in [-0.4, -0.2) is 49.8 Å². The van der Waals surface area contributed by atoms with Crippen molar-refractivity contribution in [3.8, 4) is 5.69 Å². The van der Waals surface area contributed by atoms with Crippen LogP contribution in [0.15, 0.2) is 61.3 Å². The number of carbonyl (C=O) groups excluding carboxylic acids is 1. The molecule has 3 aromatic rings. The van der Waals surface area contributed by atoms with Gasteiger partial charge < -0.3 is 9.64 Å². The van der Waals surface area contributed by atoms with Crippen molar-refractivity contribution in [2.75, 3.05) is 13.2 Å². The monoisotopic (exact) mass is 363 g/mol. The molecule has 1 saturated heterocycles. The van der Waals surface area contributed by atoms with Crippen molar-refractivity contribution in [1.29, 1.82) is 0 Å². The van der Waals surface area contributed by atoms with Crippen LogP contribution < -0.4 is 0 Å². The number of nitrogens with zero attached hydrogens (tertiary/aromatic N) is 5. The minimum atomic E-state index is -0.0218. The zero-order chi connectivity index (χ0) is 18.5. The summed E-state index contributed by atoms with van der Waals surface area (Å²) in [6.45, 7) is 1.80. The molecule has 1 aromatic carbocycles. The standard InChI is InChI=1S/C20H21N5O2/c26-20(16-6-8-18(9-7-16)25-14-22-23-15-25)24(13-19-5-3-11-27-19)12-17-4-1-2-10-21-17/h1-2,4,6-10,14-15,19H,3,5,11-13H2. The number of pyridine rings is 1. The summed E-state index contributed by atoms with van der Waals surface area (Å²) >= 11 is 0. The van der Waals surface area contributed by atoms with Gasteiger partial charge >= 0.3 is 0 Å². The summed E-state index contributed by atoms with van der Waals surface area (Å²) in [6.07, 6.45) is 7.12. The topological polar surface area (TPSA) is 73.1 Å². The van der Waals surface area contributed by atoms with Crippen LogP contribution in [0, 0.1) is 0 Å². The van der Waals surface area contributed by atoms with E-state index in [0.29, 0.717) is 18.7 Å². The molecule has 0 aliphatic carbocycles. The number of carbonyl (C=O) groups is 1. The molecule has 27 heavy (non-hydrogen) atoms. The first-order valence-electron chi connectivity index (χ1n) is 9.05. The van der Waals surface area contributed by atoms with Crippen LogP contribution in [0.2, 0.25) is 0 Å². The molecule has 1 atom stereocenters. The van der Waals surface area contributed by atoms with E-state index >= 15 is 0 Å². The molecule has 1 amide bonds. The Morgan fingerprint density at radius 2 is 1.96 bits per heavy atom. The fraction of sp³-hybridized carbons (Fsp3) is 0.300. The van der Waals surface area contributed by atoms with Gasteiger partial charge in [-0.05, 0) is 49.2 Å². The van der Waals surface area contributed by atoms with Crippen molar-refractivity contribution in [3.63, 3.8) is 0 Å². The molecule has 138 valence electrons. The Bertz CT molecular complexity index is 859. The quantitative estimate of drug-likeness (QED) is 0.673. The highest BCUT2D eigenvalue weighted by atomic mass is 16.5. The third-order valence-electron chi connectivity index (χ3n) is 4.65. The molecule has 0 radical (unpaired) electrons. The first-order chi connectivity index (χ1) is 13.3. The second-order valence-corrected chi connectivity index (χ2v) is 6.56. The van der Waals surface area contributed by atoms with Gasteiger partial charge in [0.25, 0.3) is 5.91 Å². The summed E-state index contributed by atoms with van der Waals surface area (Å²) in [4.78, 5) is 19.3. The largest absolute Gasteiger partial charge is 0.376 e. The van der Waals surface area contributed by atoms with E-state index in [1.807, 2.05) is 47.4 Å². The van der Waals surface area contributed by atoms with Gasteiger partial charge in [-0.2, -0.15) is 0 Å². The Kier molecular flexibility index (Phi) is 5.20. The molecule has 0 bridgehead atoms. The first kappa shape index (κ1) is 17.4. The van der Waals surface area contributed by atoms with E-state index in [-0.39, 0.29) is 12.0 Å². The Morgan fingerprint density at radius 1 is 1.15 bits per heavy atom. The van der Waals surface area contributed by atoms with Gasteiger partial charge in [-0.3, -0.25) is 14.3 Å². The minimum absolute atomic E-state index is 0.0218. The highest BCUT2D eigenvalue weighted by molar-refractivity contribution is 5.94. The van der Waals surface area contributed by atoms with Gasteiger partial charge in [-0.1, -0.05) is 6.07 Å². The lowest BCUT2D eigenvalue weighted by Crippen LogP contribution is -2.37. The van der Waals surface area contributed by atoms with Gasteiger partial charge in [0, 0.05) is 30.6 Å². The molecule has 3 heterocycles. The van der Waals surface area contributed by atoms with Crippen LogP contribution in [0.1, 0.15) is 28.9 Å². The van der Waals surface area contributed by atoms with Crippen LogP contribution in [0.3, 0.4) is 0 Å². The minimum Gasteiger partial charge on any atom is -0.376 e. The maximum absolute atomic E-state index is 13.1. The van der Waals surface area contributed by atoms with Crippen molar-refractivity contribution >= 4 is 5.91 Å². The summed E-state index contributed by atoms with van der Waals surface area (Å²) < 4.78 is 7.54. The Morgan fingerprint density at radius 3 is 2.63 bits per heavy atom. The predicted octanol–water partition coefficient (Wildman–Crippen LogP) is 2.48. The average molecular weight is 363 g/mol. The maximum atomic E-state index is 13.1. The summed E-state index contributed by atoms with van der Waals surface area (Å²) in [5.41, 5.74) is 2.41. The first-order valence-corrected chi connectivity index (χ1v) is 9.05. The third-order valence-corrected chi connectivity index (χ3v) is 4.65. The molecule has 1 unspecified atom stereocenters. The van der Waals surface area contributed by atoms with E-state index in [4.69, 9.17) is 4.74 Å². The van der Waals surface area contributed by atoms with Gasteiger partial charge in [-0.25, -0.2) is 0 Å². The van der Waals surface area contributed by atoms with E-state index < -0.39 is 0 Å². The van der Waals surface area contributed by atoms with E-state index in [9.17, 15) is 4.79 Å². The number of amides is 1. The zero-order valence-electron chi connectivity index (χ0n) is 14.9. The number of hydrogen-bond acceptors (Lipinski definition) is 5. The van der Waals surface area contributed by atoms with Crippen molar-refractivity contribution < 1.29 is 9.53 Å². The van der Waals surface area contributed by atoms with Gasteiger partial charge in [-0.15, -0.1) is 10.2 Å². The van der Waals surface area contributed by atoms with Gasteiger partial charge in [0.15, 0.2) is 0 Å². The Balaban J connectivity index is 1.53. The summed E-state index contributed by atoms with van der Waals surface area (Å²) in [6, 6.07) is 13.2. The lowest BCUT2D eigenvalue weighted by atomic mass is 10.1. The summed E-state index contributed by atoms with van der Waals surface area (Å²) in [5, 5.41) is 7.61. The van der Waals surface area contributed by atoms with E-state index in [1.165, 1.54) is 0 Å². The van der Waals surface area contributed by atoms with Crippen molar-refractivity contribution in [2.24, 2.45) is 0 Å². The molecule has 1 fully saturated rings. The van der Waals surface area contributed by atoms with Crippen molar-refractivity contribution in [3.05, 3.63) is 72.6 Å². The molecule has 0 N–H and O–H groups in total. The van der Waals surface area contributed by atoms with Gasteiger partial charge in [0.2, 0.25) is 0 Å². The molecule has 4 rings (SSSR count). The highest BCUT2D eigenvalue weighted by Gasteiger charge is 2.24. The van der Waals surface area contributed by atoms with Gasteiger partial charge in [0.05, 0.1) is 18.3 Å². The molecule has 1 aliphatic rings. The Labute approximate surface area is 157 Å². The molecular formula is C20H21N5O2. The smallest absolute Gasteiger partial charge is 0.254 e. The molecule has 7 nitrogen and oxygen atoms in total. The third kappa shape index (κ3) is 4.20. The fourth-order valence-electron chi connectivity index (χ4n) is 3.23. The Hall–Kier alpha value is -3.06. The summed E-state index contributed by atoms with van der Waals surface area (Å²) in [5.74, 6) is -0.0218. The number of rotatable bonds is 6. The van der Waals surface area contributed by atoms with Crippen LogP contribution in [0.25, 0.3) is 5.69 Å². The number of ether oxygens (including phenoxy) is 1. The number of benzene rings is 1. The molecule has 0 spiro atoms. The lowest BCUT2D eigenvalue weighted by Gasteiger charge is -2.25. The molecule has 2 aromatic heterocycles.